The topological polar surface area (TPSA) is 55.6 Å². The lowest BCUT2D eigenvalue weighted by Gasteiger charge is -2.30. The van der Waals surface area contributed by atoms with Gasteiger partial charge in [-0.1, -0.05) is 6.07 Å². The maximum Gasteiger partial charge on any atom is 0.162 e. The van der Waals surface area contributed by atoms with Gasteiger partial charge in [-0.25, -0.2) is 8.78 Å². The van der Waals surface area contributed by atoms with Gasteiger partial charge in [0, 0.05) is 18.2 Å². The smallest absolute Gasteiger partial charge is 0.162 e. The molecule has 20 heavy (non-hydrogen) atoms. The van der Waals surface area contributed by atoms with Crippen LogP contribution in [0.3, 0.4) is 0 Å². The van der Waals surface area contributed by atoms with Crippen LogP contribution in [-0.2, 0) is 0 Å². The highest BCUT2D eigenvalue weighted by Crippen LogP contribution is 2.31. The fraction of sp³-hybridized carbons (Fsp3) is 0.462. The number of aromatic nitrogens is 4. The fourth-order valence-electron chi connectivity index (χ4n) is 2.76. The third-order valence-corrected chi connectivity index (χ3v) is 3.68. The van der Waals surface area contributed by atoms with E-state index in [9.17, 15) is 8.78 Å². The Balaban J connectivity index is 2.00. The summed E-state index contributed by atoms with van der Waals surface area (Å²) in [5, 5.41) is 14.9. The maximum absolute atomic E-state index is 14.1. The summed E-state index contributed by atoms with van der Waals surface area (Å²) in [5.41, 5.74) is 0.401. The van der Waals surface area contributed by atoms with Gasteiger partial charge in [0.1, 0.15) is 17.7 Å². The van der Waals surface area contributed by atoms with E-state index in [1.54, 1.807) is 0 Å². The van der Waals surface area contributed by atoms with E-state index in [1.807, 2.05) is 0 Å². The predicted molar refractivity (Wildman–Crippen MR) is 67.9 cm³/mol. The third-order valence-electron chi connectivity index (χ3n) is 3.68. The number of piperidine rings is 1. The highest BCUT2D eigenvalue weighted by atomic mass is 19.1. The Hall–Kier alpha value is -1.89. The normalized spacial score (nSPS) is 20.8. The van der Waals surface area contributed by atoms with Gasteiger partial charge in [-0.15, -0.1) is 10.2 Å². The number of benzene rings is 1. The van der Waals surface area contributed by atoms with Crippen molar-refractivity contribution in [1.82, 2.24) is 25.5 Å². The zero-order chi connectivity index (χ0) is 13.9. The summed E-state index contributed by atoms with van der Waals surface area (Å²) in [4.78, 5) is 1.41. The van der Waals surface area contributed by atoms with Gasteiger partial charge in [0.05, 0.1) is 0 Å². The van der Waals surface area contributed by atoms with Crippen molar-refractivity contribution in [3.63, 3.8) is 0 Å². The Morgan fingerprint density at radius 1 is 1.35 bits per heavy atom. The second kappa shape index (κ2) is 5.62. The molecule has 1 fully saturated rings. The average molecular weight is 279 g/mol. The minimum atomic E-state index is -0.585. The first kappa shape index (κ1) is 13.1. The number of rotatable bonds is 3. The van der Waals surface area contributed by atoms with Crippen LogP contribution in [-0.4, -0.2) is 33.3 Å². The van der Waals surface area contributed by atoms with Crippen LogP contribution in [0.2, 0.25) is 0 Å². The molecule has 0 saturated carbocycles. The summed E-state index contributed by atoms with van der Waals surface area (Å²) in [6, 6.07) is 3.26. The summed E-state index contributed by atoms with van der Waals surface area (Å²) >= 11 is 0. The molecule has 3 rings (SSSR count). The van der Waals surface area contributed by atoms with E-state index in [2.05, 4.69) is 20.7 Å². The molecule has 2 aromatic rings. The van der Waals surface area contributed by atoms with Crippen molar-refractivity contribution in [3.8, 4) is 0 Å². The van der Waals surface area contributed by atoms with Gasteiger partial charge in [0.15, 0.2) is 6.33 Å². The van der Waals surface area contributed by atoms with Crippen molar-refractivity contribution in [3.05, 3.63) is 41.7 Å². The van der Waals surface area contributed by atoms with E-state index in [-0.39, 0.29) is 12.0 Å². The van der Waals surface area contributed by atoms with Gasteiger partial charge >= 0.3 is 0 Å². The average Bonchev–Trinajstić information content (AvgIpc) is 2.97. The Morgan fingerprint density at radius 2 is 2.25 bits per heavy atom. The molecular formula is C13H15F2N5. The van der Waals surface area contributed by atoms with Crippen LogP contribution in [0.4, 0.5) is 8.78 Å². The molecule has 0 aliphatic carbocycles. The first-order valence-corrected chi connectivity index (χ1v) is 6.64. The van der Waals surface area contributed by atoms with Gasteiger partial charge in [-0.2, -0.15) is 4.80 Å². The van der Waals surface area contributed by atoms with Crippen molar-refractivity contribution >= 4 is 0 Å². The number of halogens is 2. The molecule has 1 saturated heterocycles. The molecule has 1 aromatic heterocycles. The van der Waals surface area contributed by atoms with E-state index in [1.165, 1.54) is 23.3 Å². The summed E-state index contributed by atoms with van der Waals surface area (Å²) in [5.74, 6) is -1.01. The van der Waals surface area contributed by atoms with Crippen LogP contribution in [0.1, 0.15) is 24.4 Å². The molecule has 2 atom stereocenters. The SMILES string of the molecule is Fc1ccc([C@H]([C@H]2CCCNC2)n2ncnn2)c(F)c1. The number of hydrogen-bond donors (Lipinski definition) is 1. The van der Waals surface area contributed by atoms with Crippen molar-refractivity contribution in [2.75, 3.05) is 13.1 Å². The highest BCUT2D eigenvalue weighted by Gasteiger charge is 2.30. The van der Waals surface area contributed by atoms with Crippen LogP contribution < -0.4 is 5.32 Å². The number of nitrogens with one attached hydrogen (secondary N) is 1. The largest absolute Gasteiger partial charge is 0.316 e. The Morgan fingerprint density at radius 3 is 2.90 bits per heavy atom. The standard InChI is InChI=1S/C13H15F2N5/c14-10-3-4-11(12(15)6-10)13(20-18-8-17-19-20)9-2-1-5-16-7-9/h3-4,6,8-9,13,16H,1-2,5,7H2/t9-,13-/m0/s1. The minimum absolute atomic E-state index is 0.151. The van der Waals surface area contributed by atoms with Gasteiger partial charge in [0.25, 0.3) is 0 Å². The van der Waals surface area contributed by atoms with Crippen LogP contribution in [0, 0.1) is 17.6 Å². The van der Waals surface area contributed by atoms with Crippen molar-refractivity contribution < 1.29 is 8.78 Å². The van der Waals surface area contributed by atoms with Crippen molar-refractivity contribution in [2.45, 2.75) is 18.9 Å². The van der Waals surface area contributed by atoms with Crippen LogP contribution in [0.25, 0.3) is 0 Å². The van der Waals surface area contributed by atoms with Crippen molar-refractivity contribution in [1.29, 1.82) is 0 Å². The second-order valence-corrected chi connectivity index (χ2v) is 4.97. The molecule has 1 N–H and O–H groups in total. The van der Waals surface area contributed by atoms with Gasteiger partial charge in [-0.3, -0.25) is 0 Å². The second-order valence-electron chi connectivity index (χ2n) is 4.97. The van der Waals surface area contributed by atoms with E-state index < -0.39 is 11.6 Å². The molecule has 0 spiro atoms. The Kier molecular flexibility index (Phi) is 3.68. The summed E-state index contributed by atoms with van der Waals surface area (Å²) in [6.45, 7) is 1.71. The van der Waals surface area contributed by atoms with E-state index in [4.69, 9.17) is 0 Å². The first-order chi connectivity index (χ1) is 9.75. The zero-order valence-electron chi connectivity index (χ0n) is 10.8. The predicted octanol–water partition coefficient (Wildman–Crippen LogP) is 1.54. The lowest BCUT2D eigenvalue weighted by molar-refractivity contribution is 0.256. The molecule has 1 aliphatic rings. The Labute approximate surface area is 115 Å². The molecule has 7 heteroatoms. The van der Waals surface area contributed by atoms with E-state index >= 15 is 0 Å². The molecule has 0 radical (unpaired) electrons. The highest BCUT2D eigenvalue weighted by molar-refractivity contribution is 5.23. The quantitative estimate of drug-likeness (QED) is 0.926. The van der Waals surface area contributed by atoms with E-state index in [0.717, 1.165) is 32.0 Å². The van der Waals surface area contributed by atoms with Gasteiger partial charge in [-0.05, 0) is 36.6 Å². The van der Waals surface area contributed by atoms with Crippen LogP contribution in [0.15, 0.2) is 24.5 Å². The minimum Gasteiger partial charge on any atom is -0.316 e. The number of nitrogens with zero attached hydrogens (tertiary/aromatic N) is 4. The molecule has 5 nitrogen and oxygen atoms in total. The van der Waals surface area contributed by atoms with Crippen LogP contribution in [0.5, 0.6) is 0 Å². The van der Waals surface area contributed by atoms with Gasteiger partial charge < -0.3 is 5.32 Å². The van der Waals surface area contributed by atoms with E-state index in [0.29, 0.717) is 5.56 Å². The first-order valence-electron chi connectivity index (χ1n) is 6.64. The third kappa shape index (κ3) is 2.53. The maximum atomic E-state index is 14.1. The Bertz CT molecular complexity index is 566. The number of tetrazole rings is 1. The fourth-order valence-corrected chi connectivity index (χ4v) is 2.76. The summed E-state index contributed by atoms with van der Waals surface area (Å²) in [6.07, 6.45) is 3.28. The lowest BCUT2D eigenvalue weighted by atomic mass is 9.87. The summed E-state index contributed by atoms with van der Waals surface area (Å²) in [7, 11) is 0. The molecule has 1 aliphatic heterocycles. The molecule has 106 valence electrons. The van der Waals surface area contributed by atoms with Crippen LogP contribution >= 0.6 is 0 Å². The lowest BCUT2D eigenvalue weighted by Crippen LogP contribution is -2.36. The summed E-state index contributed by atoms with van der Waals surface area (Å²) < 4.78 is 27.2. The molecule has 1 aromatic carbocycles. The molecule has 0 amide bonds. The molecule has 2 heterocycles. The molecule has 0 unspecified atom stereocenters. The van der Waals surface area contributed by atoms with Gasteiger partial charge in [0.2, 0.25) is 0 Å². The number of hydrogen-bond acceptors (Lipinski definition) is 4. The van der Waals surface area contributed by atoms with Crippen molar-refractivity contribution in [2.24, 2.45) is 5.92 Å². The monoisotopic (exact) mass is 279 g/mol. The molecular weight excluding hydrogens is 264 g/mol. The molecule has 0 bridgehead atoms. The zero-order valence-corrected chi connectivity index (χ0v) is 10.8.